The van der Waals surface area contributed by atoms with E-state index < -0.39 is 30.4 Å². The van der Waals surface area contributed by atoms with Crippen molar-refractivity contribution in [2.45, 2.75) is 164 Å². The molecule has 4 N–H and O–H groups in total. The molecule has 1 aliphatic rings. The third-order valence-electron chi connectivity index (χ3n) is 9.39. The lowest BCUT2D eigenvalue weighted by molar-refractivity contribution is -0.152. The smallest absolute Gasteiger partial charge is 0.331 e. The summed E-state index contributed by atoms with van der Waals surface area (Å²) in [5, 5.41) is 39.3. The first-order valence-electron chi connectivity index (χ1n) is 19.2. The molecule has 8 nitrogen and oxygen atoms in total. The molecule has 1 heterocycles. The van der Waals surface area contributed by atoms with E-state index in [2.05, 4.69) is 26.8 Å². The molecule has 0 aromatic carbocycles. The number of esters is 2. The molecule has 0 aromatic heterocycles. The summed E-state index contributed by atoms with van der Waals surface area (Å²) in [6.45, 7) is 19.5. The summed E-state index contributed by atoms with van der Waals surface area (Å²) >= 11 is 0. The van der Waals surface area contributed by atoms with E-state index in [9.17, 15) is 30.0 Å². The fourth-order valence-corrected chi connectivity index (χ4v) is 6.48. The molecule has 0 spiro atoms. The van der Waals surface area contributed by atoms with Crippen LogP contribution in [0.2, 0.25) is 0 Å². The number of cyclic esters (lactones) is 1. The molecule has 0 amide bonds. The van der Waals surface area contributed by atoms with Crippen molar-refractivity contribution in [1.82, 2.24) is 0 Å². The lowest BCUT2D eigenvalue weighted by Crippen LogP contribution is -2.28. The predicted molar refractivity (Wildman–Crippen MR) is 211 cm³/mol. The van der Waals surface area contributed by atoms with Gasteiger partial charge in [0.15, 0.2) is 0 Å². The average molecular weight is 727 g/mol. The van der Waals surface area contributed by atoms with E-state index in [0.717, 1.165) is 40.7 Å². The number of rotatable bonds is 17. The summed E-state index contributed by atoms with van der Waals surface area (Å²) in [6, 6.07) is 0. The highest BCUT2D eigenvalue weighted by atomic mass is 16.5. The Hall–Kier alpha value is -3.04. The predicted octanol–water partition coefficient (Wildman–Crippen LogP) is 8.57. The van der Waals surface area contributed by atoms with Gasteiger partial charge < -0.3 is 29.9 Å². The van der Waals surface area contributed by atoms with Gasteiger partial charge in [0.05, 0.1) is 24.4 Å². The van der Waals surface area contributed by atoms with Crippen molar-refractivity contribution < 1.29 is 39.5 Å². The number of hydrogen-bond donors (Lipinski definition) is 4. The summed E-state index contributed by atoms with van der Waals surface area (Å²) < 4.78 is 11.9. The van der Waals surface area contributed by atoms with Crippen molar-refractivity contribution in [3.63, 3.8) is 0 Å². The summed E-state index contributed by atoms with van der Waals surface area (Å²) in [4.78, 5) is 25.8. The molecule has 9 atom stereocenters. The van der Waals surface area contributed by atoms with Crippen LogP contribution in [0.1, 0.15) is 127 Å². The van der Waals surface area contributed by atoms with Gasteiger partial charge in [0, 0.05) is 24.8 Å². The number of hydrogen-bond acceptors (Lipinski definition) is 8. The average Bonchev–Trinajstić information content (AvgIpc) is 3.02. The highest BCUT2D eigenvalue weighted by Crippen LogP contribution is 2.27. The maximum atomic E-state index is 12.9. The van der Waals surface area contributed by atoms with E-state index in [4.69, 9.17) is 9.47 Å². The fraction of sp³-hybridized carbons (Fsp3) is 0.636. The van der Waals surface area contributed by atoms with Crippen LogP contribution in [-0.2, 0) is 19.1 Å². The first kappa shape index (κ1) is 47.0. The zero-order valence-corrected chi connectivity index (χ0v) is 33.7. The van der Waals surface area contributed by atoms with Gasteiger partial charge in [0.25, 0.3) is 0 Å². The van der Waals surface area contributed by atoms with Gasteiger partial charge in [-0.15, -0.1) is 0 Å². The van der Waals surface area contributed by atoms with E-state index in [0.29, 0.717) is 38.5 Å². The van der Waals surface area contributed by atoms with Crippen LogP contribution in [0.25, 0.3) is 0 Å². The van der Waals surface area contributed by atoms with Crippen molar-refractivity contribution in [2.75, 3.05) is 0 Å². The van der Waals surface area contributed by atoms with Gasteiger partial charge in [-0.3, -0.25) is 4.79 Å². The molecular weight excluding hydrogens is 656 g/mol. The normalized spacial score (nSPS) is 25.3. The summed E-state index contributed by atoms with van der Waals surface area (Å²) in [5.74, 6) is -0.590. The van der Waals surface area contributed by atoms with E-state index in [1.807, 2.05) is 71.1 Å². The maximum Gasteiger partial charge on any atom is 0.331 e. The summed E-state index contributed by atoms with van der Waals surface area (Å²) in [6.07, 6.45) is 19.0. The van der Waals surface area contributed by atoms with E-state index in [-0.39, 0.29) is 42.4 Å². The Morgan fingerprint density at radius 2 is 1.63 bits per heavy atom. The molecular formula is C44H70O8. The van der Waals surface area contributed by atoms with Crippen LogP contribution < -0.4 is 0 Å². The minimum atomic E-state index is -0.614. The zero-order valence-electron chi connectivity index (χ0n) is 33.7. The second-order valence-corrected chi connectivity index (χ2v) is 15.5. The Kier molecular flexibility index (Phi) is 22.6. The van der Waals surface area contributed by atoms with E-state index in [1.54, 1.807) is 19.9 Å². The molecule has 8 heteroatoms. The summed E-state index contributed by atoms with van der Waals surface area (Å²) in [5.41, 5.74) is 5.21. The van der Waals surface area contributed by atoms with Crippen LogP contribution in [0.3, 0.4) is 0 Å². The number of carbonyl (C=O) groups excluding carboxylic acids is 2. The first-order valence-corrected chi connectivity index (χ1v) is 19.2. The molecule has 1 aliphatic heterocycles. The third kappa shape index (κ3) is 21.5. The molecule has 0 fully saturated rings. The van der Waals surface area contributed by atoms with Crippen molar-refractivity contribution in [1.29, 1.82) is 0 Å². The Morgan fingerprint density at radius 3 is 2.29 bits per heavy atom. The minimum Gasteiger partial charge on any atom is -0.462 e. The van der Waals surface area contributed by atoms with Crippen LogP contribution in [-0.4, -0.2) is 69.0 Å². The second-order valence-electron chi connectivity index (χ2n) is 15.5. The van der Waals surface area contributed by atoms with Gasteiger partial charge in [0.2, 0.25) is 0 Å². The van der Waals surface area contributed by atoms with E-state index >= 15 is 0 Å². The molecule has 0 saturated carbocycles. The molecule has 0 aromatic rings. The van der Waals surface area contributed by atoms with Crippen molar-refractivity contribution >= 4 is 11.9 Å². The molecule has 1 rings (SSSR count). The standard InChI is InChI=1S/C44H70O8/c1-29(17-20-39(47)27-37(9)45)13-11-14-30(2)23-31(3)19-22-44(50)51-41-15-12-16-43(49)52-42(21-18-32(4)24-35(41)7)36(8)26-33(5)25-34(6)40(48)28-38(10)46/h11,13-14,17-19,22-23,25,34-42,45-48H,12,15-16,20-21,24,26-28H2,1-10H3/b13-11+,22-19+,29-17+,30-14+,31-23-,32-18+,33-25+. The number of aliphatic hydroxyl groups is 4. The van der Waals surface area contributed by atoms with Crippen molar-refractivity contribution in [3.8, 4) is 0 Å². The molecule has 0 radical (unpaired) electrons. The van der Waals surface area contributed by atoms with Gasteiger partial charge in [0.1, 0.15) is 12.2 Å². The molecule has 9 unspecified atom stereocenters. The van der Waals surface area contributed by atoms with Gasteiger partial charge >= 0.3 is 11.9 Å². The largest absolute Gasteiger partial charge is 0.462 e. The quantitative estimate of drug-likeness (QED) is 0.0507. The first-order chi connectivity index (χ1) is 24.4. The molecule has 294 valence electrons. The highest BCUT2D eigenvalue weighted by molar-refractivity contribution is 5.82. The van der Waals surface area contributed by atoms with Crippen LogP contribution in [0.4, 0.5) is 0 Å². The maximum absolute atomic E-state index is 12.9. The molecule has 0 saturated heterocycles. The number of allylic oxidation sites excluding steroid dienone is 10. The highest BCUT2D eigenvalue weighted by Gasteiger charge is 2.26. The molecule has 52 heavy (non-hydrogen) atoms. The van der Waals surface area contributed by atoms with Crippen molar-refractivity contribution in [2.24, 2.45) is 17.8 Å². The molecule has 0 aliphatic carbocycles. The van der Waals surface area contributed by atoms with Gasteiger partial charge in [-0.2, -0.15) is 0 Å². The Bertz CT molecular complexity index is 1310. The second kappa shape index (κ2) is 25.1. The van der Waals surface area contributed by atoms with Crippen LogP contribution in [0.5, 0.6) is 0 Å². The lowest BCUT2D eigenvalue weighted by atomic mass is 9.89. The Morgan fingerprint density at radius 1 is 0.962 bits per heavy atom. The number of ether oxygens (including phenoxy) is 2. The van der Waals surface area contributed by atoms with Crippen LogP contribution >= 0.6 is 0 Å². The molecule has 0 bridgehead atoms. The van der Waals surface area contributed by atoms with Crippen LogP contribution in [0, 0.1) is 17.8 Å². The van der Waals surface area contributed by atoms with E-state index in [1.165, 1.54) is 6.08 Å². The van der Waals surface area contributed by atoms with Gasteiger partial charge in [-0.25, -0.2) is 4.79 Å². The summed E-state index contributed by atoms with van der Waals surface area (Å²) in [7, 11) is 0. The Balaban J connectivity index is 2.84. The van der Waals surface area contributed by atoms with Gasteiger partial charge in [-0.05, 0) is 105 Å². The number of carbonyl (C=O) groups is 2. The lowest BCUT2D eigenvalue weighted by Gasteiger charge is -2.27. The number of aliphatic hydroxyl groups excluding tert-OH is 4. The van der Waals surface area contributed by atoms with Crippen LogP contribution in [0.15, 0.2) is 82.5 Å². The fourth-order valence-electron chi connectivity index (χ4n) is 6.48. The SMILES string of the molecule is CC(=C/C(C)=C/C=C/C(C)=C/CC(O)CC(C)O)/C=C/C(=O)OC1CCCC(=O)OC(C(C)C/C(C)=C/C(C)C(O)CC(C)O)C/C=C(\C)CC1C. The topological polar surface area (TPSA) is 134 Å². The minimum absolute atomic E-state index is 0.0762. The monoisotopic (exact) mass is 727 g/mol. The Labute approximate surface area is 314 Å². The van der Waals surface area contributed by atoms with Crippen molar-refractivity contribution in [3.05, 3.63) is 82.5 Å². The zero-order chi connectivity index (χ0) is 39.4. The third-order valence-corrected chi connectivity index (χ3v) is 9.39. The van der Waals surface area contributed by atoms with Gasteiger partial charge in [-0.1, -0.05) is 97.2 Å².